The predicted octanol–water partition coefficient (Wildman–Crippen LogP) is 3.76. The van der Waals surface area contributed by atoms with Gasteiger partial charge in [-0.25, -0.2) is 0 Å². The average molecular weight is 353 g/mol. The van der Waals surface area contributed by atoms with Crippen molar-refractivity contribution in [2.75, 3.05) is 19.0 Å². The van der Waals surface area contributed by atoms with Gasteiger partial charge in [0, 0.05) is 17.8 Å². The number of fused-ring (bicyclic) bond motifs is 1. The van der Waals surface area contributed by atoms with Crippen molar-refractivity contribution in [2.24, 2.45) is 0 Å². The number of carbonyl (C=O) groups excluding carboxylic acids is 1. The summed E-state index contributed by atoms with van der Waals surface area (Å²) in [7, 11) is 1.52. The smallest absolute Gasteiger partial charge is 0.291 e. The number of benzene rings is 2. The number of methoxy groups -OCH3 is 1. The van der Waals surface area contributed by atoms with Gasteiger partial charge in [0.2, 0.25) is 0 Å². The van der Waals surface area contributed by atoms with Gasteiger partial charge in [0.25, 0.3) is 5.91 Å². The monoisotopic (exact) mass is 353 g/mol. The highest BCUT2D eigenvalue weighted by Crippen LogP contribution is 2.30. The van der Waals surface area contributed by atoms with Crippen molar-refractivity contribution in [3.8, 4) is 11.5 Å². The number of rotatable bonds is 5. The van der Waals surface area contributed by atoms with Crippen LogP contribution in [0.2, 0.25) is 0 Å². The summed E-state index contributed by atoms with van der Waals surface area (Å²) in [5, 5.41) is 3.15. The summed E-state index contributed by atoms with van der Waals surface area (Å²) >= 11 is 0. The Morgan fingerprint density at radius 3 is 2.65 bits per heavy atom. The molecule has 2 aromatic carbocycles. The largest absolute Gasteiger partial charge is 0.493 e. The van der Waals surface area contributed by atoms with Crippen LogP contribution in [0.4, 0.5) is 5.69 Å². The first-order valence-electron chi connectivity index (χ1n) is 8.18. The molecule has 0 bridgehead atoms. The van der Waals surface area contributed by atoms with Gasteiger partial charge >= 0.3 is 0 Å². The van der Waals surface area contributed by atoms with Crippen molar-refractivity contribution in [3.63, 3.8) is 0 Å². The van der Waals surface area contributed by atoms with Crippen molar-refractivity contribution < 1.29 is 18.7 Å². The number of amides is 1. The molecule has 6 heteroatoms. The van der Waals surface area contributed by atoms with Gasteiger partial charge in [-0.05, 0) is 38.1 Å². The molecule has 3 rings (SSSR count). The second-order valence-electron chi connectivity index (χ2n) is 5.73. The molecular formula is C20H19NO5. The molecule has 0 aliphatic rings. The first-order valence-corrected chi connectivity index (χ1v) is 8.18. The Balaban J connectivity index is 1.89. The Kier molecular flexibility index (Phi) is 4.93. The highest BCUT2D eigenvalue weighted by Gasteiger charge is 2.14. The molecule has 1 heterocycles. The third kappa shape index (κ3) is 3.54. The van der Waals surface area contributed by atoms with Crippen molar-refractivity contribution >= 4 is 22.6 Å². The lowest BCUT2D eigenvalue weighted by Crippen LogP contribution is -2.15. The molecule has 0 unspecified atom stereocenters. The number of carbonyl (C=O) groups is 1. The van der Waals surface area contributed by atoms with E-state index in [1.165, 1.54) is 13.2 Å². The molecule has 1 aromatic heterocycles. The zero-order chi connectivity index (χ0) is 18.7. The number of nitrogens with one attached hydrogen (secondary N) is 1. The number of hydrogen-bond acceptors (Lipinski definition) is 5. The first kappa shape index (κ1) is 17.5. The van der Waals surface area contributed by atoms with E-state index in [0.29, 0.717) is 34.8 Å². The van der Waals surface area contributed by atoms with E-state index in [1.54, 1.807) is 30.3 Å². The van der Waals surface area contributed by atoms with Crippen molar-refractivity contribution in [3.05, 3.63) is 64.0 Å². The molecule has 134 valence electrons. The van der Waals surface area contributed by atoms with Crippen LogP contribution in [0.5, 0.6) is 11.5 Å². The van der Waals surface area contributed by atoms with E-state index in [4.69, 9.17) is 13.9 Å². The second-order valence-corrected chi connectivity index (χ2v) is 5.73. The molecule has 6 nitrogen and oxygen atoms in total. The topological polar surface area (TPSA) is 77.8 Å². The summed E-state index contributed by atoms with van der Waals surface area (Å²) in [4.78, 5) is 24.7. The normalized spacial score (nSPS) is 10.6. The van der Waals surface area contributed by atoms with Crippen molar-refractivity contribution in [2.45, 2.75) is 13.8 Å². The number of ether oxygens (including phenoxy) is 2. The molecule has 3 aromatic rings. The van der Waals surface area contributed by atoms with Crippen LogP contribution >= 0.6 is 0 Å². The van der Waals surface area contributed by atoms with E-state index in [1.807, 2.05) is 19.9 Å². The lowest BCUT2D eigenvalue weighted by atomic mass is 10.1. The third-order valence-corrected chi connectivity index (χ3v) is 3.83. The molecule has 0 fully saturated rings. The first-order chi connectivity index (χ1) is 12.5. The summed E-state index contributed by atoms with van der Waals surface area (Å²) in [5.74, 6) is 0.510. The van der Waals surface area contributed by atoms with Gasteiger partial charge in [0.1, 0.15) is 5.58 Å². The van der Waals surface area contributed by atoms with Gasteiger partial charge in [-0.2, -0.15) is 0 Å². The molecule has 0 atom stereocenters. The number of hydrogen-bond donors (Lipinski definition) is 1. The summed E-state index contributed by atoms with van der Waals surface area (Å²) in [6.45, 7) is 4.26. The van der Waals surface area contributed by atoms with Gasteiger partial charge in [0.05, 0.1) is 19.1 Å². The van der Waals surface area contributed by atoms with Crippen molar-refractivity contribution in [1.82, 2.24) is 0 Å². The predicted molar refractivity (Wildman–Crippen MR) is 99.3 cm³/mol. The Morgan fingerprint density at radius 2 is 1.92 bits per heavy atom. The maximum atomic E-state index is 12.5. The molecule has 0 spiro atoms. The van der Waals surface area contributed by atoms with Crippen LogP contribution in [0.25, 0.3) is 11.0 Å². The van der Waals surface area contributed by atoms with Crippen LogP contribution in [-0.2, 0) is 0 Å². The van der Waals surface area contributed by atoms with Crippen LogP contribution in [0.3, 0.4) is 0 Å². The molecule has 1 amide bonds. The second kappa shape index (κ2) is 7.31. The van der Waals surface area contributed by atoms with E-state index in [2.05, 4.69) is 5.32 Å². The summed E-state index contributed by atoms with van der Waals surface area (Å²) in [6.07, 6.45) is 0. The molecule has 0 aliphatic heterocycles. The van der Waals surface area contributed by atoms with Crippen LogP contribution in [0.1, 0.15) is 23.0 Å². The average Bonchev–Trinajstić information content (AvgIpc) is 2.63. The van der Waals surface area contributed by atoms with Crippen LogP contribution in [0, 0.1) is 6.92 Å². The van der Waals surface area contributed by atoms with E-state index in [9.17, 15) is 9.59 Å². The number of anilines is 1. The molecule has 0 radical (unpaired) electrons. The van der Waals surface area contributed by atoms with Gasteiger partial charge in [0.15, 0.2) is 22.7 Å². The molecule has 26 heavy (non-hydrogen) atoms. The Hall–Kier alpha value is -3.28. The van der Waals surface area contributed by atoms with Crippen LogP contribution < -0.4 is 20.2 Å². The highest BCUT2D eigenvalue weighted by atomic mass is 16.5. The Bertz CT molecular complexity index is 1020. The van der Waals surface area contributed by atoms with Gasteiger partial charge < -0.3 is 19.2 Å². The fourth-order valence-corrected chi connectivity index (χ4v) is 2.59. The standard InChI is InChI=1S/C20H19NO5/c1-4-25-17-8-6-13(10-18(17)24-3)21-20(23)19-11-15(22)14-9-12(2)5-7-16(14)26-19/h5-11H,4H2,1-3H3,(H,21,23). The minimum absolute atomic E-state index is 0.0563. The summed E-state index contributed by atoms with van der Waals surface area (Å²) in [6, 6.07) is 11.5. The van der Waals surface area contributed by atoms with Gasteiger partial charge in [-0.3, -0.25) is 9.59 Å². The minimum atomic E-state index is -0.518. The quantitative estimate of drug-likeness (QED) is 0.756. The Labute approximate surface area is 150 Å². The molecule has 0 saturated heterocycles. The molecule has 1 N–H and O–H groups in total. The van der Waals surface area contributed by atoms with Crippen molar-refractivity contribution in [1.29, 1.82) is 0 Å². The maximum absolute atomic E-state index is 12.5. The maximum Gasteiger partial charge on any atom is 0.291 e. The van der Waals surface area contributed by atoms with Crippen LogP contribution in [0.15, 0.2) is 51.7 Å². The zero-order valence-corrected chi connectivity index (χ0v) is 14.8. The molecule has 0 aliphatic carbocycles. The molecular weight excluding hydrogens is 334 g/mol. The SMILES string of the molecule is CCOc1ccc(NC(=O)c2cc(=O)c3cc(C)ccc3o2)cc1OC. The lowest BCUT2D eigenvalue weighted by Gasteiger charge is -2.11. The highest BCUT2D eigenvalue weighted by molar-refractivity contribution is 6.03. The fourth-order valence-electron chi connectivity index (χ4n) is 2.59. The lowest BCUT2D eigenvalue weighted by molar-refractivity contribution is 0.0997. The third-order valence-electron chi connectivity index (χ3n) is 3.83. The van der Waals surface area contributed by atoms with Gasteiger partial charge in [-0.15, -0.1) is 0 Å². The van der Waals surface area contributed by atoms with E-state index < -0.39 is 5.91 Å². The zero-order valence-electron chi connectivity index (χ0n) is 14.8. The van der Waals surface area contributed by atoms with Crippen LogP contribution in [-0.4, -0.2) is 19.6 Å². The van der Waals surface area contributed by atoms with E-state index in [0.717, 1.165) is 5.56 Å². The minimum Gasteiger partial charge on any atom is -0.493 e. The summed E-state index contributed by atoms with van der Waals surface area (Å²) < 4.78 is 16.3. The number of aryl methyl sites for hydroxylation is 1. The molecule has 0 saturated carbocycles. The Morgan fingerprint density at radius 1 is 1.12 bits per heavy atom. The van der Waals surface area contributed by atoms with E-state index >= 15 is 0 Å². The van der Waals surface area contributed by atoms with Gasteiger partial charge in [-0.1, -0.05) is 11.6 Å². The summed E-state index contributed by atoms with van der Waals surface area (Å²) in [5.41, 5.74) is 1.56. The van der Waals surface area contributed by atoms with E-state index in [-0.39, 0.29) is 11.2 Å². The fraction of sp³-hybridized carbons (Fsp3) is 0.200.